The number of carbonyl (C=O) groups is 3. The van der Waals surface area contributed by atoms with Gasteiger partial charge in [-0.2, -0.15) is 0 Å². The van der Waals surface area contributed by atoms with E-state index in [0.29, 0.717) is 38.0 Å². The van der Waals surface area contributed by atoms with Crippen LogP contribution in [0.1, 0.15) is 48.1 Å². The lowest BCUT2D eigenvalue weighted by molar-refractivity contribution is -0.136. The lowest BCUT2D eigenvalue weighted by Crippen LogP contribution is -2.48. The van der Waals surface area contributed by atoms with Gasteiger partial charge in [0.1, 0.15) is 0 Å². The average molecular weight is 421 g/mol. The number of carbonyl (C=O) groups excluding carboxylic acids is 3. The van der Waals surface area contributed by atoms with Gasteiger partial charge in [-0.3, -0.25) is 19.4 Å². The molecule has 2 atom stereocenters. The summed E-state index contributed by atoms with van der Waals surface area (Å²) in [6.45, 7) is 3.67. The number of likely N-dealkylation sites (tertiary alicyclic amines) is 2. The first kappa shape index (κ1) is 21.0. The minimum Gasteiger partial charge on any atom is -0.349 e. The van der Waals surface area contributed by atoms with Crippen molar-refractivity contribution in [2.75, 3.05) is 19.6 Å². The summed E-state index contributed by atoms with van der Waals surface area (Å²) in [6.07, 6.45) is 4.90. The fourth-order valence-corrected chi connectivity index (χ4v) is 4.46. The van der Waals surface area contributed by atoms with Gasteiger partial charge in [-0.1, -0.05) is 30.3 Å². The van der Waals surface area contributed by atoms with Crippen LogP contribution in [0.25, 0.3) is 0 Å². The van der Waals surface area contributed by atoms with E-state index >= 15 is 0 Å². The highest BCUT2D eigenvalue weighted by Crippen LogP contribution is 2.30. The summed E-state index contributed by atoms with van der Waals surface area (Å²) < 4.78 is 0. The van der Waals surface area contributed by atoms with Crippen molar-refractivity contribution in [2.45, 2.75) is 38.3 Å². The van der Waals surface area contributed by atoms with Gasteiger partial charge in [0.15, 0.2) is 0 Å². The maximum absolute atomic E-state index is 13.1. The van der Waals surface area contributed by atoms with Crippen molar-refractivity contribution in [3.63, 3.8) is 0 Å². The molecule has 0 aliphatic carbocycles. The summed E-state index contributed by atoms with van der Waals surface area (Å²) in [6, 6.07) is 13.3. The zero-order valence-corrected chi connectivity index (χ0v) is 17.7. The number of nitrogens with zero attached hydrogens (tertiary/aromatic N) is 3. The number of hydrogen-bond acceptors (Lipinski definition) is 4. The Kier molecular flexibility index (Phi) is 6.30. The van der Waals surface area contributed by atoms with Crippen LogP contribution in [-0.4, -0.2) is 58.2 Å². The van der Waals surface area contributed by atoms with Crippen molar-refractivity contribution in [3.05, 3.63) is 66.0 Å². The number of rotatable bonds is 5. The fourth-order valence-electron chi connectivity index (χ4n) is 4.46. The highest BCUT2D eigenvalue weighted by molar-refractivity contribution is 5.94. The highest BCUT2D eigenvalue weighted by Gasteiger charge is 2.39. The number of aromatic nitrogens is 1. The van der Waals surface area contributed by atoms with Crippen molar-refractivity contribution in [2.24, 2.45) is 5.92 Å². The number of piperidine rings is 1. The monoisotopic (exact) mass is 420 g/mol. The second kappa shape index (κ2) is 9.29. The van der Waals surface area contributed by atoms with E-state index in [1.807, 2.05) is 47.1 Å². The third-order valence-electron chi connectivity index (χ3n) is 6.34. The first-order valence-electron chi connectivity index (χ1n) is 10.9. The smallest absolute Gasteiger partial charge is 0.251 e. The van der Waals surface area contributed by atoms with Crippen LogP contribution in [0.2, 0.25) is 0 Å². The summed E-state index contributed by atoms with van der Waals surface area (Å²) in [7, 11) is 0. The number of nitrogens with one attached hydrogen (secondary N) is 1. The molecule has 2 aliphatic heterocycles. The molecule has 0 spiro atoms. The lowest BCUT2D eigenvalue weighted by atomic mass is 10.0. The molecule has 0 radical (unpaired) electrons. The molecule has 2 unspecified atom stereocenters. The van der Waals surface area contributed by atoms with Crippen molar-refractivity contribution in [1.29, 1.82) is 0 Å². The quantitative estimate of drug-likeness (QED) is 0.805. The molecule has 0 saturated carbocycles. The largest absolute Gasteiger partial charge is 0.349 e. The average Bonchev–Trinajstić information content (AvgIpc) is 3.21. The van der Waals surface area contributed by atoms with E-state index in [2.05, 4.69) is 10.3 Å². The minimum atomic E-state index is -0.290. The van der Waals surface area contributed by atoms with Gasteiger partial charge >= 0.3 is 0 Å². The van der Waals surface area contributed by atoms with E-state index < -0.39 is 0 Å². The van der Waals surface area contributed by atoms with Crippen molar-refractivity contribution < 1.29 is 14.4 Å². The lowest BCUT2D eigenvalue weighted by Gasteiger charge is -2.34. The molecule has 31 heavy (non-hydrogen) atoms. The predicted octanol–water partition coefficient (Wildman–Crippen LogP) is 2.41. The van der Waals surface area contributed by atoms with Gasteiger partial charge < -0.3 is 15.1 Å². The van der Waals surface area contributed by atoms with E-state index in [1.165, 1.54) is 0 Å². The topological polar surface area (TPSA) is 82.6 Å². The molecule has 0 bridgehead atoms. The third-order valence-corrected chi connectivity index (χ3v) is 6.34. The second-order valence-electron chi connectivity index (χ2n) is 8.34. The van der Waals surface area contributed by atoms with E-state index in [0.717, 1.165) is 5.56 Å². The Labute approximate surface area is 182 Å². The Hall–Kier alpha value is -3.22. The maximum Gasteiger partial charge on any atom is 0.251 e. The van der Waals surface area contributed by atoms with E-state index in [1.54, 1.807) is 24.5 Å². The third kappa shape index (κ3) is 4.76. The Bertz CT molecular complexity index is 926. The summed E-state index contributed by atoms with van der Waals surface area (Å²) in [5, 5.41) is 3.04. The van der Waals surface area contributed by atoms with Crippen LogP contribution >= 0.6 is 0 Å². The Morgan fingerprint density at radius 1 is 1.06 bits per heavy atom. The second-order valence-corrected chi connectivity index (χ2v) is 8.34. The molecular weight excluding hydrogens is 392 g/mol. The van der Waals surface area contributed by atoms with Crippen LogP contribution in [0, 0.1) is 5.92 Å². The SMILES string of the molecule is CC(c1ccccc1)N1CC(C(=O)N2CCC(NC(=O)c3ccncc3)CC2)CC1=O. The molecule has 7 nitrogen and oxygen atoms in total. The molecule has 2 aliphatic rings. The molecule has 7 heteroatoms. The van der Waals surface area contributed by atoms with Crippen LogP contribution in [-0.2, 0) is 9.59 Å². The van der Waals surface area contributed by atoms with Crippen molar-refractivity contribution >= 4 is 17.7 Å². The van der Waals surface area contributed by atoms with Gasteiger partial charge in [-0.15, -0.1) is 0 Å². The summed E-state index contributed by atoms with van der Waals surface area (Å²) in [5.41, 5.74) is 1.67. The zero-order chi connectivity index (χ0) is 21.8. The Balaban J connectivity index is 1.29. The number of pyridine rings is 1. The van der Waals surface area contributed by atoms with Gasteiger partial charge in [0.05, 0.1) is 12.0 Å². The maximum atomic E-state index is 13.1. The minimum absolute atomic E-state index is 0.0363. The fraction of sp³-hybridized carbons (Fsp3) is 0.417. The van der Waals surface area contributed by atoms with Crippen LogP contribution in [0.15, 0.2) is 54.9 Å². The molecule has 1 aromatic carbocycles. The van der Waals surface area contributed by atoms with Gasteiger partial charge in [-0.05, 0) is 37.5 Å². The standard InChI is InChI=1S/C24H28N4O3/c1-17(18-5-3-2-4-6-18)28-16-20(15-22(28)29)24(31)27-13-9-21(10-14-27)26-23(30)19-7-11-25-12-8-19/h2-8,11-12,17,20-21H,9-10,13-16H2,1H3,(H,26,30). The Morgan fingerprint density at radius 3 is 2.42 bits per heavy atom. The molecule has 1 N–H and O–H groups in total. The van der Waals surface area contributed by atoms with Gasteiger partial charge in [-0.25, -0.2) is 0 Å². The van der Waals surface area contributed by atoms with E-state index in [9.17, 15) is 14.4 Å². The molecular formula is C24H28N4O3. The normalized spacial score (nSPS) is 20.5. The number of benzene rings is 1. The molecule has 4 rings (SSSR count). The van der Waals surface area contributed by atoms with Crippen LogP contribution in [0.3, 0.4) is 0 Å². The molecule has 3 heterocycles. The predicted molar refractivity (Wildman–Crippen MR) is 116 cm³/mol. The molecule has 2 fully saturated rings. The molecule has 3 amide bonds. The van der Waals surface area contributed by atoms with E-state index in [-0.39, 0.29) is 42.1 Å². The van der Waals surface area contributed by atoms with Gasteiger partial charge in [0.2, 0.25) is 11.8 Å². The van der Waals surface area contributed by atoms with Crippen LogP contribution in [0.5, 0.6) is 0 Å². The highest BCUT2D eigenvalue weighted by atomic mass is 16.2. The van der Waals surface area contributed by atoms with Crippen molar-refractivity contribution in [3.8, 4) is 0 Å². The first-order chi connectivity index (χ1) is 15.0. The van der Waals surface area contributed by atoms with Gasteiger partial charge in [0.25, 0.3) is 5.91 Å². The molecule has 2 aromatic rings. The first-order valence-corrected chi connectivity index (χ1v) is 10.9. The molecule has 2 saturated heterocycles. The zero-order valence-electron chi connectivity index (χ0n) is 17.7. The number of amides is 3. The van der Waals surface area contributed by atoms with Crippen LogP contribution in [0.4, 0.5) is 0 Å². The van der Waals surface area contributed by atoms with Gasteiger partial charge in [0, 0.05) is 50.1 Å². The Morgan fingerprint density at radius 2 is 1.74 bits per heavy atom. The van der Waals surface area contributed by atoms with E-state index in [4.69, 9.17) is 0 Å². The number of hydrogen-bond donors (Lipinski definition) is 1. The summed E-state index contributed by atoms with van der Waals surface area (Å²) in [4.78, 5) is 45.6. The molecule has 162 valence electrons. The molecule has 1 aromatic heterocycles. The summed E-state index contributed by atoms with van der Waals surface area (Å²) >= 11 is 0. The van der Waals surface area contributed by atoms with Crippen LogP contribution < -0.4 is 5.32 Å². The van der Waals surface area contributed by atoms with Crippen molar-refractivity contribution in [1.82, 2.24) is 20.1 Å². The summed E-state index contributed by atoms with van der Waals surface area (Å²) in [5.74, 6) is -0.315.